The third-order valence-corrected chi connectivity index (χ3v) is 2.86. The van der Waals surface area contributed by atoms with E-state index in [-0.39, 0.29) is 17.9 Å². The molecule has 2 aromatic rings. The van der Waals surface area contributed by atoms with Gasteiger partial charge < -0.3 is 11.2 Å². The zero-order valence-corrected chi connectivity index (χ0v) is 12.3. The first-order valence-corrected chi connectivity index (χ1v) is 6.72. The molecule has 3 N–H and O–H groups in total. The Kier molecular flexibility index (Phi) is 5.46. The zero-order valence-electron chi connectivity index (χ0n) is 12.3. The number of aliphatic imine (C=N–C) groups is 1. The Morgan fingerprint density at radius 1 is 1.25 bits per heavy atom. The molecule has 0 aliphatic rings. The van der Waals surface area contributed by atoms with Gasteiger partial charge in [-0.25, -0.2) is 4.39 Å². The maximum atomic E-state index is 13.0. The summed E-state index contributed by atoms with van der Waals surface area (Å²) < 4.78 is 50.8. The molecule has 0 saturated heterocycles. The Labute approximate surface area is 134 Å². The molecule has 2 rings (SSSR count). The molecule has 24 heavy (non-hydrogen) atoms. The number of nitrogens with one attached hydrogen (secondary N) is 1. The summed E-state index contributed by atoms with van der Waals surface area (Å²) in [5.41, 5.74) is -0.172. The lowest BCUT2D eigenvalue weighted by Crippen LogP contribution is -2.17. The predicted molar refractivity (Wildman–Crippen MR) is 83.9 cm³/mol. The van der Waals surface area contributed by atoms with Crippen LogP contribution in [0.1, 0.15) is 5.69 Å². The van der Waals surface area contributed by atoms with Crippen molar-refractivity contribution in [3.8, 4) is 0 Å². The topological polar surface area (TPSA) is 75.7 Å². The van der Waals surface area contributed by atoms with Crippen molar-refractivity contribution in [3.63, 3.8) is 0 Å². The minimum Gasteiger partial charge on any atom is -0.379 e. The van der Waals surface area contributed by atoms with Gasteiger partial charge >= 0.3 is 6.18 Å². The van der Waals surface area contributed by atoms with Crippen LogP contribution in [0.25, 0.3) is 0 Å². The van der Waals surface area contributed by atoms with Crippen LogP contribution in [0.2, 0.25) is 0 Å². The molecule has 0 saturated carbocycles. The first-order chi connectivity index (χ1) is 11.4. The highest BCUT2D eigenvalue weighted by Gasteiger charge is 2.32. The van der Waals surface area contributed by atoms with Crippen LogP contribution in [0, 0.1) is 5.82 Å². The lowest BCUT2D eigenvalue weighted by molar-refractivity contribution is -0.141. The molecule has 0 atom stereocenters. The van der Waals surface area contributed by atoms with Crippen LogP contribution in [0.4, 0.5) is 28.9 Å². The van der Waals surface area contributed by atoms with E-state index in [1.165, 1.54) is 30.5 Å². The summed E-state index contributed by atoms with van der Waals surface area (Å²) in [6.07, 6.45) is -2.18. The van der Waals surface area contributed by atoms with Gasteiger partial charge in [0.1, 0.15) is 11.5 Å². The van der Waals surface area contributed by atoms with Gasteiger partial charge in [-0.2, -0.15) is 18.3 Å². The van der Waals surface area contributed by atoms with E-state index in [9.17, 15) is 17.6 Å². The summed E-state index contributed by atoms with van der Waals surface area (Å²) in [5.74, 6) is 4.78. The zero-order chi connectivity index (χ0) is 17.6. The number of hydrazone groups is 1. The van der Waals surface area contributed by atoms with Crippen LogP contribution in [0.3, 0.4) is 0 Å². The number of hydrogen-bond donors (Lipinski definition) is 2. The van der Waals surface area contributed by atoms with Crippen molar-refractivity contribution in [2.24, 2.45) is 15.9 Å². The largest absolute Gasteiger partial charge is 0.433 e. The van der Waals surface area contributed by atoms with E-state index in [2.05, 4.69) is 20.4 Å². The Balaban J connectivity index is 2.02. The summed E-state index contributed by atoms with van der Waals surface area (Å²) in [4.78, 5) is 7.26. The van der Waals surface area contributed by atoms with E-state index >= 15 is 0 Å². The van der Waals surface area contributed by atoms with Gasteiger partial charge in [0.15, 0.2) is 0 Å². The first kappa shape index (κ1) is 17.4. The number of anilines is 1. The SMILES string of the molecule is NN=C(C=Nc1cccc(F)c1)CNc1ccnc(C(F)(F)F)c1. The third kappa shape index (κ3) is 5.04. The number of rotatable bonds is 5. The highest BCUT2D eigenvalue weighted by Crippen LogP contribution is 2.28. The number of pyridine rings is 1. The van der Waals surface area contributed by atoms with Crippen LogP contribution in [-0.2, 0) is 6.18 Å². The van der Waals surface area contributed by atoms with Gasteiger partial charge in [-0.3, -0.25) is 9.98 Å². The minimum atomic E-state index is -4.53. The lowest BCUT2D eigenvalue weighted by Gasteiger charge is -2.09. The van der Waals surface area contributed by atoms with Gasteiger partial charge in [0, 0.05) is 11.9 Å². The molecule has 1 aromatic heterocycles. The number of benzene rings is 1. The standard InChI is InChI=1S/C15H13F4N5/c16-10-2-1-3-11(6-10)22-8-13(24-20)9-23-12-4-5-21-14(7-12)15(17,18)19/h1-8H,9,20H2,(H,21,23). The van der Waals surface area contributed by atoms with Crippen molar-refractivity contribution in [3.05, 3.63) is 54.1 Å². The Hall–Kier alpha value is -2.97. The summed E-state index contributed by atoms with van der Waals surface area (Å²) in [6.45, 7) is 0.0383. The number of alkyl halides is 3. The second-order valence-electron chi connectivity index (χ2n) is 4.64. The summed E-state index contributed by atoms with van der Waals surface area (Å²) >= 11 is 0. The lowest BCUT2D eigenvalue weighted by atomic mass is 10.3. The fraction of sp³-hybridized carbons (Fsp3) is 0.133. The molecular formula is C15H13F4N5. The minimum absolute atomic E-state index is 0.0383. The van der Waals surface area contributed by atoms with Crippen LogP contribution >= 0.6 is 0 Å². The fourth-order valence-corrected chi connectivity index (χ4v) is 1.72. The second kappa shape index (κ2) is 7.53. The average molecular weight is 339 g/mol. The molecule has 0 spiro atoms. The number of hydrogen-bond acceptors (Lipinski definition) is 5. The van der Waals surface area contributed by atoms with E-state index in [1.807, 2.05) is 0 Å². The van der Waals surface area contributed by atoms with Gasteiger partial charge in [-0.05, 0) is 30.3 Å². The molecule has 0 radical (unpaired) electrons. The Bertz CT molecular complexity index is 756. The molecule has 5 nitrogen and oxygen atoms in total. The normalized spacial score (nSPS) is 12.6. The monoisotopic (exact) mass is 339 g/mol. The maximum absolute atomic E-state index is 13.0. The summed E-state index contributed by atoms with van der Waals surface area (Å²) in [7, 11) is 0. The van der Waals surface area contributed by atoms with E-state index in [4.69, 9.17) is 5.84 Å². The van der Waals surface area contributed by atoms with Gasteiger partial charge in [0.25, 0.3) is 0 Å². The smallest absolute Gasteiger partial charge is 0.379 e. The third-order valence-electron chi connectivity index (χ3n) is 2.86. The van der Waals surface area contributed by atoms with Crippen LogP contribution < -0.4 is 11.2 Å². The van der Waals surface area contributed by atoms with Crippen molar-refractivity contribution >= 4 is 23.3 Å². The quantitative estimate of drug-likeness (QED) is 0.379. The van der Waals surface area contributed by atoms with Gasteiger partial charge in [0.2, 0.25) is 0 Å². The molecule has 0 amide bonds. The molecule has 0 fully saturated rings. The summed E-state index contributed by atoms with van der Waals surface area (Å²) in [5, 5.41) is 6.22. The van der Waals surface area contributed by atoms with Crippen LogP contribution in [0.15, 0.2) is 52.7 Å². The molecular weight excluding hydrogens is 326 g/mol. The maximum Gasteiger partial charge on any atom is 0.433 e. The molecule has 126 valence electrons. The van der Waals surface area contributed by atoms with Crippen molar-refractivity contribution in [2.45, 2.75) is 6.18 Å². The molecule has 1 aromatic carbocycles. The molecule has 0 aliphatic heterocycles. The summed E-state index contributed by atoms with van der Waals surface area (Å²) in [6, 6.07) is 7.83. The van der Waals surface area contributed by atoms with Gasteiger partial charge in [-0.15, -0.1) is 0 Å². The van der Waals surface area contributed by atoms with E-state index < -0.39 is 17.7 Å². The molecule has 1 heterocycles. The highest BCUT2D eigenvalue weighted by molar-refractivity contribution is 6.32. The molecule has 0 aliphatic carbocycles. The van der Waals surface area contributed by atoms with Crippen LogP contribution in [-0.4, -0.2) is 23.5 Å². The Morgan fingerprint density at radius 3 is 2.71 bits per heavy atom. The Morgan fingerprint density at radius 2 is 2.04 bits per heavy atom. The van der Waals surface area contributed by atoms with Crippen molar-refractivity contribution in [1.82, 2.24) is 4.98 Å². The van der Waals surface area contributed by atoms with Crippen molar-refractivity contribution < 1.29 is 17.6 Å². The fourth-order valence-electron chi connectivity index (χ4n) is 1.72. The first-order valence-electron chi connectivity index (χ1n) is 6.72. The van der Waals surface area contributed by atoms with E-state index in [0.29, 0.717) is 5.69 Å². The van der Waals surface area contributed by atoms with Crippen molar-refractivity contribution in [2.75, 3.05) is 11.9 Å². The van der Waals surface area contributed by atoms with E-state index in [1.54, 1.807) is 6.07 Å². The highest BCUT2D eigenvalue weighted by atomic mass is 19.4. The number of halogens is 4. The van der Waals surface area contributed by atoms with Crippen molar-refractivity contribution in [1.29, 1.82) is 0 Å². The van der Waals surface area contributed by atoms with E-state index in [0.717, 1.165) is 12.3 Å². The number of aromatic nitrogens is 1. The van der Waals surface area contributed by atoms with Gasteiger partial charge in [-0.1, -0.05) is 6.07 Å². The molecule has 0 bridgehead atoms. The van der Waals surface area contributed by atoms with Crippen LogP contribution in [0.5, 0.6) is 0 Å². The van der Waals surface area contributed by atoms with Gasteiger partial charge in [0.05, 0.1) is 24.2 Å². The predicted octanol–water partition coefficient (Wildman–Crippen LogP) is 3.37. The molecule has 9 heteroatoms. The number of nitrogens with zero attached hydrogens (tertiary/aromatic N) is 3. The average Bonchev–Trinajstić information content (AvgIpc) is 2.54. The molecule has 0 unspecified atom stereocenters. The second-order valence-corrected chi connectivity index (χ2v) is 4.64. The number of nitrogens with two attached hydrogens (primary N) is 1.